The van der Waals surface area contributed by atoms with E-state index in [-0.39, 0.29) is 11.9 Å². The van der Waals surface area contributed by atoms with Gasteiger partial charge in [0.1, 0.15) is 18.9 Å². The summed E-state index contributed by atoms with van der Waals surface area (Å²) in [6, 6.07) is 5.28. The van der Waals surface area contributed by atoms with E-state index in [1.165, 1.54) is 0 Å². The molecule has 0 aromatic heterocycles. The lowest BCUT2D eigenvalue weighted by Crippen LogP contribution is -3.10. The van der Waals surface area contributed by atoms with Crippen LogP contribution in [0.25, 0.3) is 0 Å². The third kappa shape index (κ3) is 6.46. The van der Waals surface area contributed by atoms with Crippen molar-refractivity contribution >= 4 is 29.1 Å². The van der Waals surface area contributed by atoms with E-state index in [0.29, 0.717) is 35.5 Å². The van der Waals surface area contributed by atoms with Crippen molar-refractivity contribution in [3.05, 3.63) is 28.2 Å². The monoisotopic (exact) mass is 319 g/mol. The van der Waals surface area contributed by atoms with Gasteiger partial charge >= 0.3 is 0 Å². The summed E-state index contributed by atoms with van der Waals surface area (Å²) in [4.78, 5) is 12.7. The van der Waals surface area contributed by atoms with Gasteiger partial charge < -0.3 is 15.0 Å². The van der Waals surface area contributed by atoms with Crippen LogP contribution in [0.4, 0.5) is 0 Å². The molecule has 0 aliphatic rings. The van der Waals surface area contributed by atoms with Crippen LogP contribution in [-0.4, -0.2) is 38.7 Å². The molecule has 20 heavy (non-hydrogen) atoms. The number of amides is 1. The maximum atomic E-state index is 11.6. The van der Waals surface area contributed by atoms with Gasteiger partial charge in [0.25, 0.3) is 5.91 Å². The van der Waals surface area contributed by atoms with Gasteiger partial charge in [-0.2, -0.15) is 0 Å². The van der Waals surface area contributed by atoms with Crippen LogP contribution in [0.5, 0.6) is 5.75 Å². The van der Waals surface area contributed by atoms with Crippen molar-refractivity contribution in [2.24, 2.45) is 0 Å². The van der Waals surface area contributed by atoms with Crippen molar-refractivity contribution in [1.29, 1.82) is 0 Å². The van der Waals surface area contributed by atoms with E-state index in [4.69, 9.17) is 27.9 Å². The molecule has 0 saturated carbocycles. The SMILES string of the molecule is CC(C)NC(=O)C[NH+](C)CCOc1ccc(Cl)cc1Cl. The zero-order chi connectivity index (χ0) is 15.1. The third-order valence-corrected chi connectivity index (χ3v) is 3.12. The summed E-state index contributed by atoms with van der Waals surface area (Å²) in [5.41, 5.74) is 0. The molecule has 1 aromatic carbocycles. The molecular formula is C14H21Cl2N2O2+. The minimum atomic E-state index is 0.0435. The molecule has 1 amide bonds. The van der Waals surface area contributed by atoms with Crippen molar-refractivity contribution in [3.8, 4) is 5.75 Å². The van der Waals surface area contributed by atoms with E-state index in [0.717, 1.165) is 4.90 Å². The normalized spacial score (nSPS) is 12.3. The number of hydrogen-bond acceptors (Lipinski definition) is 2. The van der Waals surface area contributed by atoms with Crippen molar-refractivity contribution in [1.82, 2.24) is 5.32 Å². The topological polar surface area (TPSA) is 42.8 Å². The van der Waals surface area contributed by atoms with E-state index in [1.54, 1.807) is 18.2 Å². The fourth-order valence-corrected chi connectivity index (χ4v) is 2.13. The van der Waals surface area contributed by atoms with Gasteiger partial charge in [-0.15, -0.1) is 0 Å². The highest BCUT2D eigenvalue weighted by Gasteiger charge is 2.11. The van der Waals surface area contributed by atoms with Crippen LogP contribution in [0.3, 0.4) is 0 Å². The van der Waals surface area contributed by atoms with Crippen LogP contribution in [0, 0.1) is 0 Å². The van der Waals surface area contributed by atoms with Gasteiger partial charge in [-0.3, -0.25) is 4.79 Å². The Morgan fingerprint density at radius 1 is 1.40 bits per heavy atom. The van der Waals surface area contributed by atoms with E-state index >= 15 is 0 Å². The average molecular weight is 320 g/mol. The molecule has 0 radical (unpaired) electrons. The zero-order valence-electron chi connectivity index (χ0n) is 12.0. The lowest BCUT2D eigenvalue weighted by Gasteiger charge is -2.15. The van der Waals surface area contributed by atoms with Crippen LogP contribution in [0.2, 0.25) is 10.0 Å². The first-order chi connectivity index (χ1) is 9.38. The Morgan fingerprint density at radius 3 is 2.70 bits per heavy atom. The molecule has 1 aromatic rings. The van der Waals surface area contributed by atoms with Gasteiger partial charge in [0, 0.05) is 11.1 Å². The number of rotatable bonds is 7. The summed E-state index contributed by atoms with van der Waals surface area (Å²) < 4.78 is 5.58. The highest BCUT2D eigenvalue weighted by atomic mass is 35.5. The van der Waals surface area contributed by atoms with Gasteiger partial charge in [-0.25, -0.2) is 0 Å². The second-order valence-corrected chi connectivity index (χ2v) is 5.87. The van der Waals surface area contributed by atoms with Crippen molar-refractivity contribution in [2.75, 3.05) is 26.7 Å². The predicted molar refractivity (Wildman–Crippen MR) is 81.9 cm³/mol. The number of hydrogen-bond donors (Lipinski definition) is 2. The Balaban J connectivity index is 2.31. The van der Waals surface area contributed by atoms with Gasteiger partial charge in [-0.1, -0.05) is 23.2 Å². The fourth-order valence-electron chi connectivity index (χ4n) is 1.66. The number of nitrogens with one attached hydrogen (secondary N) is 2. The Labute approximate surface area is 130 Å². The zero-order valence-corrected chi connectivity index (χ0v) is 13.5. The highest BCUT2D eigenvalue weighted by molar-refractivity contribution is 6.35. The molecule has 0 aliphatic heterocycles. The molecular weight excluding hydrogens is 299 g/mol. The second-order valence-electron chi connectivity index (χ2n) is 5.03. The molecule has 1 atom stereocenters. The molecule has 1 unspecified atom stereocenters. The molecule has 0 fully saturated rings. The van der Waals surface area contributed by atoms with Gasteiger partial charge in [0.15, 0.2) is 6.54 Å². The van der Waals surface area contributed by atoms with Gasteiger partial charge in [0.2, 0.25) is 0 Å². The quantitative estimate of drug-likeness (QED) is 0.798. The molecule has 112 valence electrons. The summed E-state index contributed by atoms with van der Waals surface area (Å²) >= 11 is 11.8. The van der Waals surface area contributed by atoms with Crippen molar-refractivity contribution in [3.63, 3.8) is 0 Å². The summed E-state index contributed by atoms with van der Waals surface area (Å²) in [6.07, 6.45) is 0. The highest BCUT2D eigenvalue weighted by Crippen LogP contribution is 2.27. The minimum Gasteiger partial charge on any atom is -0.486 e. The summed E-state index contributed by atoms with van der Waals surface area (Å²) in [5, 5.41) is 3.93. The lowest BCUT2D eigenvalue weighted by molar-refractivity contribution is -0.871. The Morgan fingerprint density at radius 2 is 2.10 bits per heavy atom. The number of quaternary nitrogens is 1. The summed E-state index contributed by atoms with van der Waals surface area (Å²) in [7, 11) is 1.95. The molecule has 0 spiro atoms. The molecule has 2 N–H and O–H groups in total. The van der Waals surface area contributed by atoms with Gasteiger partial charge in [-0.05, 0) is 32.0 Å². The third-order valence-electron chi connectivity index (χ3n) is 2.59. The van der Waals surface area contributed by atoms with Crippen LogP contribution in [-0.2, 0) is 4.79 Å². The number of benzene rings is 1. The van der Waals surface area contributed by atoms with Gasteiger partial charge in [0.05, 0.1) is 12.1 Å². The van der Waals surface area contributed by atoms with E-state index in [9.17, 15) is 4.79 Å². The van der Waals surface area contributed by atoms with E-state index in [2.05, 4.69) is 5.32 Å². The largest absolute Gasteiger partial charge is 0.486 e. The number of likely N-dealkylation sites (N-methyl/N-ethyl adjacent to an activating group) is 1. The molecule has 4 nitrogen and oxygen atoms in total. The molecule has 0 aliphatic carbocycles. The Hall–Kier alpha value is -0.970. The van der Waals surface area contributed by atoms with Crippen molar-refractivity contribution in [2.45, 2.75) is 19.9 Å². The number of ether oxygens (including phenoxy) is 1. The maximum absolute atomic E-state index is 11.6. The second kappa shape index (κ2) is 8.35. The Kier molecular flexibility index (Phi) is 7.13. The first-order valence-electron chi connectivity index (χ1n) is 6.57. The fraction of sp³-hybridized carbons (Fsp3) is 0.500. The van der Waals surface area contributed by atoms with E-state index in [1.807, 2.05) is 20.9 Å². The van der Waals surface area contributed by atoms with Crippen LogP contribution < -0.4 is 15.0 Å². The summed E-state index contributed by atoms with van der Waals surface area (Å²) in [5.74, 6) is 0.650. The minimum absolute atomic E-state index is 0.0435. The maximum Gasteiger partial charge on any atom is 0.275 e. The Bertz CT molecular complexity index is 453. The number of carbonyl (C=O) groups excluding carboxylic acids is 1. The van der Waals surface area contributed by atoms with Crippen LogP contribution in [0.1, 0.15) is 13.8 Å². The summed E-state index contributed by atoms with van der Waals surface area (Å²) in [6.45, 7) is 5.51. The molecule has 6 heteroatoms. The smallest absolute Gasteiger partial charge is 0.275 e. The predicted octanol–water partition coefficient (Wildman–Crippen LogP) is 1.41. The average Bonchev–Trinajstić information content (AvgIpc) is 2.30. The molecule has 0 saturated heterocycles. The standard InChI is InChI=1S/C14H20Cl2N2O2/c1-10(2)17-14(19)9-18(3)6-7-20-13-5-4-11(15)8-12(13)16/h4-5,8,10H,6-7,9H2,1-3H3,(H,17,19)/p+1. The first-order valence-corrected chi connectivity index (χ1v) is 7.32. The van der Waals surface area contributed by atoms with E-state index < -0.39 is 0 Å². The van der Waals surface area contributed by atoms with Crippen LogP contribution >= 0.6 is 23.2 Å². The first kappa shape index (κ1) is 17.1. The number of carbonyl (C=O) groups is 1. The number of halogens is 2. The molecule has 0 bridgehead atoms. The lowest BCUT2D eigenvalue weighted by atomic mass is 10.3. The van der Waals surface area contributed by atoms with Crippen LogP contribution in [0.15, 0.2) is 18.2 Å². The van der Waals surface area contributed by atoms with Crippen molar-refractivity contribution < 1.29 is 14.4 Å². The molecule has 0 heterocycles. The molecule has 1 rings (SSSR count).